The zero-order chi connectivity index (χ0) is 18.7. The van der Waals surface area contributed by atoms with Gasteiger partial charge >= 0.3 is 0 Å². The smallest absolute Gasteiger partial charge is 0.186 e. The van der Waals surface area contributed by atoms with Gasteiger partial charge in [0, 0.05) is 11.5 Å². The third kappa shape index (κ3) is 4.28. The molecule has 1 atom stereocenters. The summed E-state index contributed by atoms with van der Waals surface area (Å²) >= 11 is 3.62. The van der Waals surface area contributed by atoms with Gasteiger partial charge in [0.2, 0.25) is 0 Å². The molecule has 0 aliphatic rings. The summed E-state index contributed by atoms with van der Waals surface area (Å²) in [6, 6.07) is 10.4. The first-order chi connectivity index (χ1) is 12.5. The summed E-state index contributed by atoms with van der Waals surface area (Å²) < 4.78 is 38.8. The number of furan rings is 1. The topological polar surface area (TPSA) is 45.4 Å². The second-order valence-corrected chi connectivity index (χ2v) is 8.79. The Morgan fingerprint density at radius 3 is 2.92 bits per heavy atom. The molecular weight excluding hydrogens is 439 g/mol. The largest absolute Gasteiger partial charge is 0.611 e. The molecule has 1 aromatic heterocycles. The van der Waals surface area contributed by atoms with E-state index in [-0.39, 0.29) is 6.61 Å². The predicted octanol–water partition coefficient (Wildman–Crippen LogP) is 5.95. The van der Waals surface area contributed by atoms with Crippen molar-refractivity contribution in [2.75, 3.05) is 12.5 Å². The summed E-state index contributed by atoms with van der Waals surface area (Å²) in [7, 11) is 0. The van der Waals surface area contributed by atoms with E-state index in [4.69, 9.17) is 9.15 Å². The summed E-state index contributed by atoms with van der Waals surface area (Å²) in [5.41, 5.74) is 2.00. The fraction of sp³-hybridized carbons (Fsp3) is 0.158. The standard InChI is InChI=1S/C19H16BrFO3S2/c1-25-18(26(2)22)10-14-16(21)4-3-5-17(14)24-11-12-8-13-6-7-23-19(13)15(20)9-12/h3-10H,11H2,1-2H3. The molecule has 0 aliphatic heterocycles. The zero-order valence-corrected chi connectivity index (χ0v) is 17.3. The van der Waals surface area contributed by atoms with E-state index in [1.165, 1.54) is 17.8 Å². The quantitative estimate of drug-likeness (QED) is 0.431. The van der Waals surface area contributed by atoms with Crippen LogP contribution in [0.5, 0.6) is 5.75 Å². The molecule has 0 saturated carbocycles. The lowest BCUT2D eigenvalue weighted by Crippen LogP contribution is -2.01. The van der Waals surface area contributed by atoms with E-state index in [0.29, 0.717) is 15.6 Å². The monoisotopic (exact) mass is 454 g/mol. The molecule has 0 bridgehead atoms. The molecule has 1 heterocycles. The Morgan fingerprint density at radius 1 is 1.38 bits per heavy atom. The highest BCUT2D eigenvalue weighted by atomic mass is 79.9. The highest BCUT2D eigenvalue weighted by Gasteiger charge is 2.14. The number of rotatable bonds is 6. The van der Waals surface area contributed by atoms with Gasteiger partial charge < -0.3 is 13.7 Å². The van der Waals surface area contributed by atoms with Crippen LogP contribution in [-0.2, 0) is 17.8 Å². The van der Waals surface area contributed by atoms with Crippen molar-refractivity contribution in [3.05, 3.63) is 68.3 Å². The molecule has 2 aromatic carbocycles. The van der Waals surface area contributed by atoms with Gasteiger partial charge in [-0.1, -0.05) is 17.8 Å². The van der Waals surface area contributed by atoms with Crippen molar-refractivity contribution < 1.29 is 18.1 Å². The maximum Gasteiger partial charge on any atom is 0.186 e. The molecule has 26 heavy (non-hydrogen) atoms. The van der Waals surface area contributed by atoms with Crippen LogP contribution in [0.4, 0.5) is 4.39 Å². The lowest BCUT2D eigenvalue weighted by Gasteiger charge is -2.12. The van der Waals surface area contributed by atoms with Crippen LogP contribution in [0.25, 0.3) is 17.0 Å². The van der Waals surface area contributed by atoms with Crippen LogP contribution >= 0.6 is 27.7 Å². The van der Waals surface area contributed by atoms with Crippen LogP contribution in [-0.4, -0.2) is 17.1 Å². The van der Waals surface area contributed by atoms with Gasteiger partial charge in [-0.3, -0.25) is 0 Å². The van der Waals surface area contributed by atoms with Gasteiger partial charge in [0.15, 0.2) is 4.24 Å². The average molecular weight is 455 g/mol. The summed E-state index contributed by atoms with van der Waals surface area (Å²) in [6.45, 7) is 0.272. The Hall–Kier alpha value is -1.41. The number of ether oxygens (including phenoxy) is 1. The van der Waals surface area contributed by atoms with Crippen molar-refractivity contribution >= 4 is 55.9 Å². The fourth-order valence-corrected chi connectivity index (χ4v) is 4.58. The average Bonchev–Trinajstić information content (AvgIpc) is 3.08. The van der Waals surface area contributed by atoms with Crippen LogP contribution in [0, 0.1) is 5.82 Å². The first-order valence-corrected chi connectivity index (χ1v) is 11.2. The van der Waals surface area contributed by atoms with Crippen LogP contribution in [0.2, 0.25) is 0 Å². The number of fused-ring (bicyclic) bond motifs is 1. The maximum absolute atomic E-state index is 14.3. The molecule has 0 spiro atoms. The minimum atomic E-state index is -1.19. The number of halogens is 2. The van der Waals surface area contributed by atoms with Gasteiger partial charge in [0.1, 0.15) is 30.0 Å². The molecule has 0 radical (unpaired) electrons. The third-order valence-electron chi connectivity index (χ3n) is 3.72. The lowest BCUT2D eigenvalue weighted by atomic mass is 10.1. The van der Waals surface area contributed by atoms with Gasteiger partial charge in [-0.05, 0) is 69.3 Å². The molecular formula is C19H16BrFO3S2. The number of benzene rings is 2. The first kappa shape index (κ1) is 19.4. The second kappa shape index (κ2) is 8.52. The zero-order valence-electron chi connectivity index (χ0n) is 14.1. The highest BCUT2D eigenvalue weighted by molar-refractivity contribution is 9.10. The van der Waals surface area contributed by atoms with Crippen molar-refractivity contribution in [3.8, 4) is 5.75 Å². The van der Waals surface area contributed by atoms with Crippen molar-refractivity contribution in [2.24, 2.45) is 0 Å². The molecule has 1 unspecified atom stereocenters. The van der Waals surface area contributed by atoms with E-state index in [9.17, 15) is 8.94 Å². The molecule has 0 amide bonds. The van der Waals surface area contributed by atoms with Crippen LogP contribution in [0.15, 0.2) is 55.8 Å². The number of thioether (sulfide) groups is 1. The van der Waals surface area contributed by atoms with Crippen molar-refractivity contribution in [1.29, 1.82) is 0 Å². The normalized spacial score (nSPS) is 13.2. The van der Waals surface area contributed by atoms with E-state index < -0.39 is 17.0 Å². The summed E-state index contributed by atoms with van der Waals surface area (Å²) in [5, 5.41) is 0.961. The van der Waals surface area contributed by atoms with Gasteiger partial charge in [-0.2, -0.15) is 0 Å². The maximum atomic E-state index is 14.3. The molecule has 0 fully saturated rings. The van der Waals surface area contributed by atoms with Gasteiger partial charge in [-0.25, -0.2) is 4.39 Å². The molecule has 7 heteroatoms. The van der Waals surface area contributed by atoms with E-state index in [1.54, 1.807) is 30.7 Å². The number of hydrogen-bond donors (Lipinski definition) is 0. The molecule has 0 N–H and O–H groups in total. The summed E-state index contributed by atoms with van der Waals surface area (Å²) in [4.78, 5) is 0. The molecule has 3 aromatic rings. The van der Waals surface area contributed by atoms with Gasteiger partial charge in [0.25, 0.3) is 0 Å². The van der Waals surface area contributed by atoms with E-state index >= 15 is 0 Å². The van der Waals surface area contributed by atoms with E-state index in [0.717, 1.165) is 21.0 Å². The van der Waals surface area contributed by atoms with Crippen LogP contribution < -0.4 is 4.74 Å². The Bertz CT molecular complexity index is 953. The Morgan fingerprint density at radius 2 is 2.19 bits per heavy atom. The Kier molecular flexibility index (Phi) is 6.34. The Labute approximate surface area is 166 Å². The fourth-order valence-electron chi connectivity index (χ4n) is 2.50. The van der Waals surface area contributed by atoms with E-state index in [2.05, 4.69) is 15.9 Å². The molecule has 0 saturated heterocycles. The Balaban J connectivity index is 1.88. The summed E-state index contributed by atoms with van der Waals surface area (Å²) in [5.74, 6) is -0.00335. The van der Waals surface area contributed by atoms with Crippen molar-refractivity contribution in [3.63, 3.8) is 0 Å². The third-order valence-corrected chi connectivity index (χ3v) is 6.72. The highest BCUT2D eigenvalue weighted by Crippen LogP contribution is 2.31. The van der Waals surface area contributed by atoms with Gasteiger partial charge in [0.05, 0.1) is 16.3 Å². The summed E-state index contributed by atoms with van der Waals surface area (Å²) in [6.07, 6.45) is 6.60. The van der Waals surface area contributed by atoms with Gasteiger partial charge in [-0.15, -0.1) is 0 Å². The van der Waals surface area contributed by atoms with Crippen LogP contribution in [0.3, 0.4) is 0 Å². The number of hydrogen-bond acceptors (Lipinski definition) is 4. The minimum Gasteiger partial charge on any atom is -0.611 e. The predicted molar refractivity (Wildman–Crippen MR) is 110 cm³/mol. The lowest BCUT2D eigenvalue weighted by molar-refractivity contribution is 0.304. The minimum absolute atomic E-state index is 0.272. The van der Waals surface area contributed by atoms with Crippen LogP contribution in [0.1, 0.15) is 11.1 Å². The molecule has 0 aliphatic carbocycles. The molecule has 136 valence electrons. The van der Waals surface area contributed by atoms with Crippen molar-refractivity contribution in [2.45, 2.75) is 6.61 Å². The van der Waals surface area contributed by atoms with Crippen molar-refractivity contribution in [1.82, 2.24) is 0 Å². The molecule has 3 nitrogen and oxygen atoms in total. The van der Waals surface area contributed by atoms with E-state index in [1.807, 2.05) is 24.5 Å². The molecule has 3 rings (SSSR count). The first-order valence-electron chi connectivity index (χ1n) is 7.65. The second-order valence-electron chi connectivity index (χ2n) is 5.48. The SMILES string of the molecule is CSC(=Cc1c(F)cccc1OCc1cc(Br)c2occc2c1)[S+](C)[O-].